The highest BCUT2D eigenvalue weighted by atomic mass is 35.5. The van der Waals surface area contributed by atoms with Crippen molar-refractivity contribution in [2.75, 3.05) is 11.6 Å². The zero-order valence-corrected chi connectivity index (χ0v) is 9.18. The topological polar surface area (TPSA) is 60.2 Å². The molecule has 3 nitrogen and oxygen atoms in total. The molecule has 0 saturated carbocycles. The van der Waals surface area contributed by atoms with E-state index in [-0.39, 0.29) is 11.6 Å². The van der Waals surface area contributed by atoms with Crippen LogP contribution in [0.3, 0.4) is 0 Å². The number of halogens is 1. The Morgan fingerprint density at radius 2 is 1.79 bits per heavy atom. The summed E-state index contributed by atoms with van der Waals surface area (Å²) in [6.07, 6.45) is 0. The lowest BCUT2D eigenvalue weighted by atomic mass is 10.2. The maximum Gasteiger partial charge on any atom is 0.179 e. The van der Waals surface area contributed by atoms with Crippen LogP contribution in [0.2, 0.25) is 0 Å². The third-order valence-electron chi connectivity index (χ3n) is 1.86. The van der Waals surface area contributed by atoms with Crippen molar-refractivity contribution in [3.8, 4) is 0 Å². The third kappa shape index (κ3) is 2.70. The Morgan fingerprint density at radius 1 is 1.21 bits per heavy atom. The van der Waals surface area contributed by atoms with Gasteiger partial charge in [0.15, 0.2) is 9.84 Å². The first-order valence-corrected chi connectivity index (χ1v) is 6.36. The molecule has 0 unspecified atom stereocenters. The minimum Gasteiger partial charge on any atom is -0.326 e. The molecule has 2 N–H and O–H groups in total. The highest BCUT2D eigenvalue weighted by Crippen LogP contribution is 2.12. The molecular weight excluding hydrogens is 222 g/mol. The first-order valence-electron chi connectivity index (χ1n) is 4.18. The molecule has 0 aromatic heterocycles. The number of hydrogen-bond acceptors (Lipinski definition) is 3. The number of sulfone groups is 1. The highest BCUT2D eigenvalue weighted by molar-refractivity contribution is 7.91. The number of hydrogen-bond donors (Lipinski definition) is 1. The van der Waals surface area contributed by atoms with E-state index in [0.29, 0.717) is 11.4 Å². The van der Waals surface area contributed by atoms with Crippen LogP contribution in [0.15, 0.2) is 29.2 Å². The van der Waals surface area contributed by atoms with Gasteiger partial charge in [0.05, 0.1) is 10.6 Å². The first kappa shape index (κ1) is 11.5. The SMILES string of the molecule is NCc1ccc(S(=O)(=O)CCCl)cc1. The van der Waals surface area contributed by atoms with Crippen LogP contribution in [0, 0.1) is 0 Å². The Morgan fingerprint density at radius 3 is 2.21 bits per heavy atom. The standard InChI is InChI=1S/C9H12ClNO2S/c10-5-6-14(12,13)9-3-1-8(7-11)2-4-9/h1-4H,5-7,11H2. The van der Waals surface area contributed by atoms with Crippen molar-refractivity contribution >= 4 is 21.4 Å². The molecule has 0 atom stereocenters. The number of nitrogens with two attached hydrogens (primary N) is 1. The average Bonchev–Trinajstić information content (AvgIpc) is 2.18. The van der Waals surface area contributed by atoms with Crippen LogP contribution in [-0.4, -0.2) is 20.1 Å². The second kappa shape index (κ2) is 4.77. The van der Waals surface area contributed by atoms with Crippen LogP contribution in [0.1, 0.15) is 5.56 Å². The van der Waals surface area contributed by atoms with E-state index < -0.39 is 9.84 Å². The molecule has 0 aliphatic heterocycles. The Bertz CT molecular complexity index is 386. The van der Waals surface area contributed by atoms with Gasteiger partial charge in [0, 0.05) is 12.4 Å². The maximum atomic E-state index is 11.5. The molecule has 0 radical (unpaired) electrons. The van der Waals surface area contributed by atoms with Gasteiger partial charge in [-0.1, -0.05) is 12.1 Å². The second-order valence-electron chi connectivity index (χ2n) is 2.86. The van der Waals surface area contributed by atoms with Crippen molar-refractivity contribution in [3.05, 3.63) is 29.8 Å². The molecule has 1 rings (SSSR count). The van der Waals surface area contributed by atoms with Gasteiger partial charge in [0.2, 0.25) is 0 Å². The molecule has 0 aliphatic rings. The van der Waals surface area contributed by atoms with E-state index in [1.807, 2.05) is 0 Å². The zero-order chi connectivity index (χ0) is 10.6. The number of rotatable bonds is 4. The summed E-state index contributed by atoms with van der Waals surface area (Å²) in [5, 5.41) is 0. The van der Waals surface area contributed by atoms with Crippen molar-refractivity contribution in [3.63, 3.8) is 0 Å². The lowest BCUT2D eigenvalue weighted by Crippen LogP contribution is -2.08. The summed E-state index contributed by atoms with van der Waals surface area (Å²) >= 11 is 5.40. The molecule has 0 spiro atoms. The molecule has 14 heavy (non-hydrogen) atoms. The van der Waals surface area contributed by atoms with Gasteiger partial charge in [-0.2, -0.15) is 0 Å². The molecular formula is C9H12ClNO2S. The second-order valence-corrected chi connectivity index (χ2v) is 5.34. The van der Waals surface area contributed by atoms with Gasteiger partial charge in [-0.3, -0.25) is 0 Å². The molecule has 5 heteroatoms. The molecule has 0 heterocycles. The molecule has 0 aliphatic carbocycles. The fraction of sp³-hybridized carbons (Fsp3) is 0.333. The average molecular weight is 234 g/mol. The number of alkyl halides is 1. The Hall–Kier alpha value is -0.580. The van der Waals surface area contributed by atoms with Crippen molar-refractivity contribution in [2.24, 2.45) is 5.73 Å². The largest absolute Gasteiger partial charge is 0.326 e. The molecule has 0 bridgehead atoms. The van der Waals surface area contributed by atoms with Gasteiger partial charge >= 0.3 is 0 Å². The Labute approximate surface area is 88.8 Å². The van der Waals surface area contributed by atoms with Crippen LogP contribution in [0.4, 0.5) is 0 Å². The quantitative estimate of drug-likeness (QED) is 0.794. The van der Waals surface area contributed by atoms with Gasteiger partial charge in [0.25, 0.3) is 0 Å². The van der Waals surface area contributed by atoms with Gasteiger partial charge < -0.3 is 5.73 Å². The zero-order valence-electron chi connectivity index (χ0n) is 7.61. The van der Waals surface area contributed by atoms with Crippen LogP contribution in [0.25, 0.3) is 0 Å². The van der Waals surface area contributed by atoms with E-state index in [4.69, 9.17) is 17.3 Å². The van der Waals surface area contributed by atoms with E-state index in [9.17, 15) is 8.42 Å². The molecule has 1 aromatic rings. The fourth-order valence-electron chi connectivity index (χ4n) is 1.05. The van der Waals surface area contributed by atoms with E-state index in [0.717, 1.165) is 5.56 Å². The monoisotopic (exact) mass is 233 g/mol. The number of benzene rings is 1. The van der Waals surface area contributed by atoms with Gasteiger partial charge in [0.1, 0.15) is 0 Å². The Balaban J connectivity index is 2.97. The summed E-state index contributed by atoms with van der Waals surface area (Å²) in [4.78, 5) is 0.301. The summed E-state index contributed by atoms with van der Waals surface area (Å²) in [5.74, 6) is 0.0809. The molecule has 0 fully saturated rings. The summed E-state index contributed by atoms with van der Waals surface area (Å²) in [5.41, 5.74) is 6.31. The predicted molar refractivity (Wildman–Crippen MR) is 57.1 cm³/mol. The Kier molecular flexibility index (Phi) is 3.92. The summed E-state index contributed by atoms with van der Waals surface area (Å²) in [7, 11) is -3.21. The predicted octanol–water partition coefficient (Wildman–Crippen LogP) is 1.16. The molecule has 78 valence electrons. The van der Waals surface area contributed by atoms with E-state index in [1.165, 1.54) is 0 Å². The smallest absolute Gasteiger partial charge is 0.179 e. The lowest BCUT2D eigenvalue weighted by Gasteiger charge is -2.02. The summed E-state index contributed by atoms with van der Waals surface area (Å²) in [6, 6.07) is 6.54. The van der Waals surface area contributed by atoms with E-state index in [2.05, 4.69) is 0 Å². The fourth-order valence-corrected chi connectivity index (χ4v) is 2.65. The van der Waals surface area contributed by atoms with Gasteiger partial charge in [-0.05, 0) is 17.7 Å². The maximum absolute atomic E-state index is 11.5. The van der Waals surface area contributed by atoms with E-state index >= 15 is 0 Å². The normalized spacial score (nSPS) is 11.6. The van der Waals surface area contributed by atoms with Crippen molar-refractivity contribution in [1.82, 2.24) is 0 Å². The molecule has 0 amide bonds. The van der Waals surface area contributed by atoms with Crippen LogP contribution >= 0.6 is 11.6 Å². The van der Waals surface area contributed by atoms with Crippen molar-refractivity contribution in [2.45, 2.75) is 11.4 Å². The highest BCUT2D eigenvalue weighted by Gasteiger charge is 2.12. The first-order chi connectivity index (χ1) is 6.60. The van der Waals surface area contributed by atoms with Crippen LogP contribution in [-0.2, 0) is 16.4 Å². The molecule has 1 aromatic carbocycles. The minimum atomic E-state index is -3.21. The van der Waals surface area contributed by atoms with Crippen molar-refractivity contribution in [1.29, 1.82) is 0 Å². The van der Waals surface area contributed by atoms with E-state index in [1.54, 1.807) is 24.3 Å². The van der Waals surface area contributed by atoms with Crippen LogP contribution in [0.5, 0.6) is 0 Å². The lowest BCUT2D eigenvalue weighted by molar-refractivity contribution is 0.597. The summed E-state index contributed by atoms with van der Waals surface area (Å²) in [6.45, 7) is 0.413. The third-order valence-corrected chi connectivity index (χ3v) is 4.01. The van der Waals surface area contributed by atoms with Crippen molar-refractivity contribution < 1.29 is 8.42 Å². The van der Waals surface area contributed by atoms with Crippen LogP contribution < -0.4 is 5.73 Å². The van der Waals surface area contributed by atoms with Gasteiger partial charge in [-0.15, -0.1) is 11.6 Å². The minimum absolute atomic E-state index is 0.0312. The van der Waals surface area contributed by atoms with Gasteiger partial charge in [-0.25, -0.2) is 8.42 Å². The summed E-state index contributed by atoms with van der Waals surface area (Å²) < 4.78 is 23.0. The molecule has 0 saturated heterocycles.